The molecule has 7 nitrogen and oxygen atoms in total. The number of para-hydroxylation sites is 2. The Labute approximate surface area is 139 Å². The van der Waals surface area contributed by atoms with Crippen LogP contribution in [0.3, 0.4) is 0 Å². The average molecular weight is 348 g/mol. The summed E-state index contributed by atoms with van der Waals surface area (Å²) < 4.78 is 38.4. The molecule has 0 radical (unpaired) electrons. The minimum atomic E-state index is -3.84. The van der Waals surface area contributed by atoms with Gasteiger partial charge in [-0.05, 0) is 37.3 Å². The summed E-state index contributed by atoms with van der Waals surface area (Å²) >= 11 is 0. The van der Waals surface area contributed by atoms with Crippen molar-refractivity contribution in [1.82, 2.24) is 0 Å². The molecule has 0 spiro atoms. The molecule has 2 aromatic rings. The molecule has 1 heterocycles. The highest BCUT2D eigenvalue weighted by Gasteiger charge is 2.21. The van der Waals surface area contributed by atoms with E-state index in [2.05, 4.69) is 10.0 Å². The number of sulfonamides is 1. The molecule has 0 bridgehead atoms. The smallest absolute Gasteiger partial charge is 0.262 e. The van der Waals surface area contributed by atoms with Crippen molar-refractivity contribution in [3.05, 3.63) is 42.5 Å². The molecule has 1 amide bonds. The van der Waals surface area contributed by atoms with E-state index in [0.29, 0.717) is 29.5 Å². The molecule has 0 fully saturated rings. The van der Waals surface area contributed by atoms with Gasteiger partial charge in [0.25, 0.3) is 15.9 Å². The summed E-state index contributed by atoms with van der Waals surface area (Å²) in [5.41, 5.74) is 0.671. The van der Waals surface area contributed by atoms with Crippen molar-refractivity contribution in [3.8, 4) is 11.5 Å². The third-order valence-corrected chi connectivity index (χ3v) is 4.69. The number of carbonyl (C=O) groups is 1. The molecular formula is C16H16N2O5S. The zero-order chi connectivity index (χ0) is 17.2. The van der Waals surface area contributed by atoms with Gasteiger partial charge < -0.3 is 14.8 Å². The predicted molar refractivity (Wildman–Crippen MR) is 89.0 cm³/mol. The van der Waals surface area contributed by atoms with Crippen LogP contribution < -0.4 is 19.5 Å². The molecule has 0 atom stereocenters. The number of ether oxygens (including phenoxy) is 2. The summed E-state index contributed by atoms with van der Waals surface area (Å²) in [5, 5.41) is 2.59. The van der Waals surface area contributed by atoms with E-state index in [-0.39, 0.29) is 17.4 Å². The van der Waals surface area contributed by atoms with Crippen molar-refractivity contribution in [2.45, 2.75) is 11.8 Å². The Morgan fingerprint density at radius 1 is 1.25 bits per heavy atom. The standard InChI is InChI=1S/C16H16N2O5S/c1-2-22-14-6-4-3-5-12(14)18-24(20,21)11-7-8-15-13(9-11)17-16(19)10-23-15/h3-9,18H,2,10H2,1H3,(H,17,19). The van der Waals surface area contributed by atoms with Crippen LogP contribution in [0.25, 0.3) is 0 Å². The van der Waals surface area contributed by atoms with Crippen LogP contribution in [0.4, 0.5) is 11.4 Å². The summed E-state index contributed by atoms with van der Waals surface area (Å²) in [6.45, 7) is 2.15. The average Bonchev–Trinajstić information content (AvgIpc) is 2.56. The van der Waals surface area contributed by atoms with E-state index in [4.69, 9.17) is 9.47 Å². The molecule has 2 aromatic carbocycles. The van der Waals surface area contributed by atoms with Gasteiger partial charge in [-0.25, -0.2) is 8.42 Å². The fraction of sp³-hybridized carbons (Fsp3) is 0.188. The van der Waals surface area contributed by atoms with Gasteiger partial charge in [0, 0.05) is 0 Å². The SMILES string of the molecule is CCOc1ccccc1NS(=O)(=O)c1ccc2c(c1)NC(=O)CO2. The fourth-order valence-electron chi connectivity index (χ4n) is 2.27. The maximum atomic E-state index is 12.6. The van der Waals surface area contributed by atoms with Crippen LogP contribution in [-0.2, 0) is 14.8 Å². The van der Waals surface area contributed by atoms with E-state index >= 15 is 0 Å². The molecule has 126 valence electrons. The zero-order valence-corrected chi connectivity index (χ0v) is 13.7. The fourth-order valence-corrected chi connectivity index (χ4v) is 3.36. The molecule has 0 saturated heterocycles. The van der Waals surface area contributed by atoms with Crippen LogP contribution in [0.1, 0.15) is 6.92 Å². The molecule has 0 unspecified atom stereocenters. The van der Waals surface area contributed by atoms with Crippen LogP contribution in [-0.4, -0.2) is 27.5 Å². The molecule has 0 aliphatic carbocycles. The number of rotatable bonds is 5. The summed E-state index contributed by atoms with van der Waals surface area (Å²) in [6.07, 6.45) is 0. The van der Waals surface area contributed by atoms with Gasteiger partial charge in [-0.3, -0.25) is 9.52 Å². The van der Waals surface area contributed by atoms with E-state index in [1.165, 1.54) is 18.2 Å². The molecule has 3 rings (SSSR count). The lowest BCUT2D eigenvalue weighted by molar-refractivity contribution is -0.118. The lowest BCUT2D eigenvalue weighted by atomic mass is 10.2. The topological polar surface area (TPSA) is 93.7 Å². The van der Waals surface area contributed by atoms with Gasteiger partial charge in [0.05, 0.1) is 22.9 Å². The Hall–Kier alpha value is -2.74. The Balaban J connectivity index is 1.91. The van der Waals surface area contributed by atoms with Gasteiger partial charge in [-0.15, -0.1) is 0 Å². The number of fused-ring (bicyclic) bond motifs is 1. The van der Waals surface area contributed by atoms with Crippen molar-refractivity contribution < 1.29 is 22.7 Å². The largest absolute Gasteiger partial charge is 0.492 e. The van der Waals surface area contributed by atoms with Gasteiger partial charge >= 0.3 is 0 Å². The quantitative estimate of drug-likeness (QED) is 0.864. The van der Waals surface area contributed by atoms with E-state index in [1.807, 2.05) is 6.92 Å². The number of hydrogen-bond donors (Lipinski definition) is 2. The second-order valence-electron chi connectivity index (χ2n) is 5.03. The number of hydrogen-bond acceptors (Lipinski definition) is 5. The molecular weight excluding hydrogens is 332 g/mol. The maximum Gasteiger partial charge on any atom is 0.262 e. The van der Waals surface area contributed by atoms with Crippen molar-refractivity contribution in [2.24, 2.45) is 0 Å². The highest BCUT2D eigenvalue weighted by atomic mass is 32.2. The van der Waals surface area contributed by atoms with Crippen molar-refractivity contribution in [2.75, 3.05) is 23.3 Å². The van der Waals surface area contributed by atoms with Gasteiger partial charge in [-0.1, -0.05) is 12.1 Å². The van der Waals surface area contributed by atoms with Crippen molar-refractivity contribution in [1.29, 1.82) is 0 Å². The predicted octanol–water partition coefficient (Wildman–Crippen LogP) is 2.22. The number of anilines is 2. The van der Waals surface area contributed by atoms with E-state index in [9.17, 15) is 13.2 Å². The third kappa shape index (κ3) is 3.28. The first-order chi connectivity index (χ1) is 11.5. The number of carbonyl (C=O) groups excluding carboxylic acids is 1. The second-order valence-corrected chi connectivity index (χ2v) is 6.71. The van der Waals surface area contributed by atoms with Gasteiger partial charge in [0.15, 0.2) is 6.61 Å². The minimum absolute atomic E-state index is 0.0124. The summed E-state index contributed by atoms with van der Waals surface area (Å²) in [5.74, 6) is 0.549. The lowest BCUT2D eigenvalue weighted by Gasteiger charge is -2.19. The highest BCUT2D eigenvalue weighted by Crippen LogP contribution is 2.32. The minimum Gasteiger partial charge on any atom is -0.492 e. The second kappa shape index (κ2) is 6.40. The first-order valence-corrected chi connectivity index (χ1v) is 8.79. The van der Waals surface area contributed by atoms with Crippen LogP contribution in [0.15, 0.2) is 47.4 Å². The third-order valence-electron chi connectivity index (χ3n) is 3.33. The van der Waals surface area contributed by atoms with Gasteiger partial charge in [-0.2, -0.15) is 0 Å². The molecule has 2 N–H and O–H groups in total. The normalized spacial score (nSPS) is 13.5. The monoisotopic (exact) mass is 348 g/mol. The van der Waals surface area contributed by atoms with Gasteiger partial charge in [0.1, 0.15) is 11.5 Å². The lowest BCUT2D eigenvalue weighted by Crippen LogP contribution is -2.25. The Morgan fingerprint density at radius 3 is 2.83 bits per heavy atom. The van der Waals surface area contributed by atoms with E-state index in [1.54, 1.807) is 24.3 Å². The summed E-state index contributed by atoms with van der Waals surface area (Å²) in [7, 11) is -3.84. The molecule has 1 aliphatic heterocycles. The number of amides is 1. The maximum absolute atomic E-state index is 12.6. The number of benzene rings is 2. The molecule has 0 aromatic heterocycles. The van der Waals surface area contributed by atoms with E-state index < -0.39 is 10.0 Å². The Bertz CT molecular complexity index is 880. The zero-order valence-electron chi connectivity index (χ0n) is 12.9. The van der Waals surface area contributed by atoms with Gasteiger partial charge in [0.2, 0.25) is 0 Å². The molecule has 1 aliphatic rings. The first kappa shape index (κ1) is 16.1. The van der Waals surface area contributed by atoms with Crippen LogP contribution in [0, 0.1) is 0 Å². The molecule has 0 saturated carbocycles. The van der Waals surface area contributed by atoms with E-state index in [0.717, 1.165) is 0 Å². The number of nitrogens with one attached hydrogen (secondary N) is 2. The summed E-state index contributed by atoms with van der Waals surface area (Å²) in [6, 6.07) is 11.1. The van der Waals surface area contributed by atoms with Crippen molar-refractivity contribution in [3.63, 3.8) is 0 Å². The van der Waals surface area contributed by atoms with Crippen LogP contribution in [0.2, 0.25) is 0 Å². The van der Waals surface area contributed by atoms with Crippen LogP contribution >= 0.6 is 0 Å². The Morgan fingerprint density at radius 2 is 2.04 bits per heavy atom. The van der Waals surface area contributed by atoms with Crippen molar-refractivity contribution >= 4 is 27.3 Å². The highest BCUT2D eigenvalue weighted by molar-refractivity contribution is 7.92. The molecule has 8 heteroatoms. The van der Waals surface area contributed by atoms with Crippen LogP contribution in [0.5, 0.6) is 11.5 Å². The first-order valence-electron chi connectivity index (χ1n) is 7.31. The molecule has 24 heavy (non-hydrogen) atoms. The Kier molecular flexibility index (Phi) is 4.30. The summed E-state index contributed by atoms with van der Waals surface area (Å²) in [4.78, 5) is 11.4.